The zero-order valence-electron chi connectivity index (χ0n) is 11.2. The molecule has 0 saturated heterocycles. The van der Waals surface area contributed by atoms with Crippen LogP contribution in [0.1, 0.15) is 5.76 Å². The maximum Gasteiger partial charge on any atom is 0.212 e. The van der Waals surface area contributed by atoms with Gasteiger partial charge in [0.1, 0.15) is 11.5 Å². The Morgan fingerprint density at radius 1 is 1.10 bits per heavy atom. The standard InChI is InChI=1S/C15H14N2O3/c1-9-3-8-12(19-9)14-13(15(16)17-20-14)10-4-6-11(18-2)7-5-10/h3-8H,1-2H3,(H2,16,17). The summed E-state index contributed by atoms with van der Waals surface area (Å²) in [6.45, 7) is 1.87. The molecule has 1 aromatic carbocycles. The number of methoxy groups -OCH3 is 1. The van der Waals surface area contributed by atoms with Gasteiger partial charge < -0.3 is 19.4 Å². The summed E-state index contributed by atoms with van der Waals surface area (Å²) in [6, 6.07) is 11.2. The van der Waals surface area contributed by atoms with Gasteiger partial charge in [0.2, 0.25) is 5.76 Å². The van der Waals surface area contributed by atoms with E-state index in [0.717, 1.165) is 22.6 Å². The van der Waals surface area contributed by atoms with Gasteiger partial charge >= 0.3 is 0 Å². The fourth-order valence-electron chi connectivity index (χ4n) is 2.06. The minimum Gasteiger partial charge on any atom is -0.497 e. The molecule has 20 heavy (non-hydrogen) atoms. The van der Waals surface area contributed by atoms with Crippen molar-refractivity contribution in [2.45, 2.75) is 6.92 Å². The van der Waals surface area contributed by atoms with Crippen LogP contribution < -0.4 is 10.5 Å². The normalized spacial score (nSPS) is 10.7. The largest absolute Gasteiger partial charge is 0.497 e. The van der Waals surface area contributed by atoms with E-state index >= 15 is 0 Å². The van der Waals surface area contributed by atoms with E-state index in [4.69, 9.17) is 19.4 Å². The first kappa shape index (κ1) is 12.3. The third-order valence-electron chi connectivity index (χ3n) is 3.06. The second-order valence-electron chi connectivity index (χ2n) is 4.41. The van der Waals surface area contributed by atoms with E-state index in [1.165, 1.54) is 0 Å². The number of aryl methyl sites for hydroxylation is 1. The summed E-state index contributed by atoms with van der Waals surface area (Å²) in [4.78, 5) is 0. The van der Waals surface area contributed by atoms with Crippen LogP contribution in [0.2, 0.25) is 0 Å². The first-order valence-electron chi connectivity index (χ1n) is 6.15. The number of hydrogen-bond acceptors (Lipinski definition) is 5. The summed E-state index contributed by atoms with van der Waals surface area (Å²) in [5, 5.41) is 3.83. The molecule has 2 heterocycles. The van der Waals surface area contributed by atoms with Gasteiger partial charge in [0.15, 0.2) is 11.6 Å². The van der Waals surface area contributed by atoms with Crippen molar-refractivity contribution in [1.82, 2.24) is 5.16 Å². The number of anilines is 1. The second kappa shape index (κ2) is 4.77. The number of nitrogen functional groups attached to an aromatic ring is 1. The highest BCUT2D eigenvalue weighted by Gasteiger charge is 2.20. The van der Waals surface area contributed by atoms with E-state index in [9.17, 15) is 0 Å². The highest BCUT2D eigenvalue weighted by atomic mass is 16.5. The average Bonchev–Trinajstić information content (AvgIpc) is 3.05. The molecule has 0 radical (unpaired) electrons. The van der Waals surface area contributed by atoms with Crippen molar-refractivity contribution in [3.05, 3.63) is 42.2 Å². The first-order chi connectivity index (χ1) is 9.69. The minimum atomic E-state index is 0.333. The monoisotopic (exact) mass is 270 g/mol. The summed E-state index contributed by atoms with van der Waals surface area (Å²) >= 11 is 0. The summed E-state index contributed by atoms with van der Waals surface area (Å²) in [7, 11) is 1.62. The second-order valence-corrected chi connectivity index (χ2v) is 4.41. The number of hydrogen-bond donors (Lipinski definition) is 1. The average molecular weight is 270 g/mol. The van der Waals surface area contributed by atoms with Crippen molar-refractivity contribution in [1.29, 1.82) is 0 Å². The fraction of sp³-hybridized carbons (Fsp3) is 0.133. The van der Waals surface area contributed by atoms with Crippen molar-refractivity contribution >= 4 is 5.82 Å². The summed E-state index contributed by atoms with van der Waals surface area (Å²) in [5.74, 6) is 3.05. The summed E-state index contributed by atoms with van der Waals surface area (Å²) < 4.78 is 16.0. The van der Waals surface area contributed by atoms with Gasteiger partial charge in [-0.05, 0) is 36.8 Å². The molecule has 3 aromatic rings. The molecular weight excluding hydrogens is 256 g/mol. The van der Waals surface area contributed by atoms with Crippen LogP contribution >= 0.6 is 0 Å². The van der Waals surface area contributed by atoms with Gasteiger partial charge in [-0.15, -0.1) is 0 Å². The number of benzene rings is 1. The minimum absolute atomic E-state index is 0.333. The molecule has 2 aromatic heterocycles. The van der Waals surface area contributed by atoms with Gasteiger partial charge in [0.05, 0.1) is 12.7 Å². The Labute approximate surface area is 115 Å². The molecule has 0 atom stereocenters. The number of furan rings is 1. The molecule has 2 N–H and O–H groups in total. The highest BCUT2D eigenvalue weighted by Crippen LogP contribution is 2.37. The van der Waals surface area contributed by atoms with Crippen molar-refractivity contribution in [3.8, 4) is 28.4 Å². The lowest BCUT2D eigenvalue weighted by Crippen LogP contribution is -1.89. The third-order valence-corrected chi connectivity index (χ3v) is 3.06. The molecule has 0 aliphatic heterocycles. The Hall–Kier alpha value is -2.69. The molecule has 0 amide bonds. The van der Waals surface area contributed by atoms with Crippen LogP contribution in [0.4, 0.5) is 5.82 Å². The highest BCUT2D eigenvalue weighted by molar-refractivity contribution is 5.85. The molecule has 0 saturated carbocycles. The zero-order valence-corrected chi connectivity index (χ0v) is 11.2. The van der Waals surface area contributed by atoms with Crippen molar-refractivity contribution in [2.75, 3.05) is 12.8 Å². The van der Waals surface area contributed by atoms with E-state index in [2.05, 4.69) is 5.16 Å². The van der Waals surface area contributed by atoms with Gasteiger partial charge in [-0.3, -0.25) is 0 Å². The van der Waals surface area contributed by atoms with Gasteiger partial charge in [-0.25, -0.2) is 0 Å². The van der Waals surface area contributed by atoms with E-state index in [-0.39, 0.29) is 0 Å². The predicted octanol–water partition coefficient (Wildman–Crippen LogP) is 3.50. The van der Waals surface area contributed by atoms with Crippen LogP contribution in [-0.4, -0.2) is 12.3 Å². The van der Waals surface area contributed by atoms with E-state index < -0.39 is 0 Å². The van der Waals surface area contributed by atoms with Gasteiger partial charge in [0, 0.05) is 0 Å². The van der Waals surface area contributed by atoms with Gasteiger partial charge in [-0.2, -0.15) is 0 Å². The van der Waals surface area contributed by atoms with Crippen LogP contribution in [0.15, 0.2) is 45.3 Å². The molecule has 0 spiro atoms. The van der Waals surface area contributed by atoms with Crippen LogP contribution in [0.25, 0.3) is 22.6 Å². The molecule has 0 unspecified atom stereocenters. The maximum atomic E-state index is 5.91. The smallest absolute Gasteiger partial charge is 0.212 e. The lowest BCUT2D eigenvalue weighted by Gasteiger charge is -2.03. The fourth-order valence-corrected chi connectivity index (χ4v) is 2.06. The van der Waals surface area contributed by atoms with Crippen LogP contribution in [0.3, 0.4) is 0 Å². The topological polar surface area (TPSA) is 74.4 Å². The lowest BCUT2D eigenvalue weighted by molar-refractivity contribution is 0.415. The lowest BCUT2D eigenvalue weighted by atomic mass is 10.0. The SMILES string of the molecule is COc1ccc(-c2c(N)noc2-c2ccc(C)o2)cc1. The van der Waals surface area contributed by atoms with Crippen LogP contribution in [-0.2, 0) is 0 Å². The van der Waals surface area contributed by atoms with Gasteiger partial charge in [-0.1, -0.05) is 17.3 Å². The number of rotatable bonds is 3. The zero-order chi connectivity index (χ0) is 14.1. The molecule has 0 fully saturated rings. The predicted molar refractivity (Wildman–Crippen MR) is 75.3 cm³/mol. The summed E-state index contributed by atoms with van der Waals surface area (Å²) in [6.07, 6.45) is 0. The Kier molecular flexibility index (Phi) is 2.95. The number of nitrogens with two attached hydrogens (primary N) is 1. The quantitative estimate of drug-likeness (QED) is 0.788. The molecule has 0 aliphatic rings. The number of aromatic nitrogens is 1. The van der Waals surface area contributed by atoms with Crippen molar-refractivity contribution < 1.29 is 13.7 Å². The molecule has 102 valence electrons. The third kappa shape index (κ3) is 2.03. The Bertz CT molecular complexity index is 726. The Morgan fingerprint density at radius 2 is 1.85 bits per heavy atom. The van der Waals surface area contributed by atoms with E-state index in [1.54, 1.807) is 7.11 Å². The van der Waals surface area contributed by atoms with Crippen molar-refractivity contribution in [3.63, 3.8) is 0 Å². The van der Waals surface area contributed by atoms with E-state index in [0.29, 0.717) is 17.3 Å². The molecule has 5 nitrogen and oxygen atoms in total. The van der Waals surface area contributed by atoms with Gasteiger partial charge in [0.25, 0.3) is 0 Å². The van der Waals surface area contributed by atoms with Crippen molar-refractivity contribution in [2.24, 2.45) is 0 Å². The summed E-state index contributed by atoms with van der Waals surface area (Å²) in [5.41, 5.74) is 7.53. The molecule has 5 heteroatoms. The Morgan fingerprint density at radius 3 is 2.45 bits per heavy atom. The number of ether oxygens (including phenoxy) is 1. The molecular formula is C15H14N2O3. The Balaban J connectivity index is 2.10. The van der Waals surface area contributed by atoms with Crippen LogP contribution in [0, 0.1) is 6.92 Å². The van der Waals surface area contributed by atoms with E-state index in [1.807, 2.05) is 43.3 Å². The molecule has 0 aliphatic carbocycles. The van der Waals surface area contributed by atoms with Crippen LogP contribution in [0.5, 0.6) is 5.75 Å². The molecule has 3 rings (SSSR count). The number of nitrogens with zero attached hydrogens (tertiary/aromatic N) is 1. The molecule has 0 bridgehead atoms. The maximum absolute atomic E-state index is 5.91. The first-order valence-corrected chi connectivity index (χ1v) is 6.15.